The zero-order valence-corrected chi connectivity index (χ0v) is 11.9. The molecule has 96 valence electrons. The molecule has 17 heavy (non-hydrogen) atoms. The molecule has 0 aliphatic heterocycles. The molecule has 1 aromatic rings. The first-order valence-electron chi connectivity index (χ1n) is 5.84. The molecule has 4 heteroatoms. The van der Waals surface area contributed by atoms with Crippen molar-refractivity contribution in [2.24, 2.45) is 5.92 Å². The number of phenols is 1. The van der Waals surface area contributed by atoms with Crippen LogP contribution in [0, 0.1) is 5.92 Å². The normalized spacial score (nSPS) is 12.8. The number of rotatable bonds is 5. The summed E-state index contributed by atoms with van der Waals surface area (Å²) in [4.78, 5) is 0. The minimum Gasteiger partial charge on any atom is -0.505 e. The van der Waals surface area contributed by atoms with E-state index in [1.807, 2.05) is 0 Å². The highest BCUT2D eigenvalue weighted by Gasteiger charge is 2.09. The van der Waals surface area contributed by atoms with Gasteiger partial charge in [0.05, 0.1) is 10.0 Å². The molecule has 1 aromatic carbocycles. The van der Waals surface area contributed by atoms with Gasteiger partial charge in [-0.15, -0.1) is 0 Å². The second-order valence-electron chi connectivity index (χ2n) is 4.81. The standard InChI is InChI=1S/C13H19Cl2NO/c1-8(2)4-5-9(3)16-10-6-11(14)13(17)12(15)7-10/h6-9,16-17H,4-5H2,1-3H3. The lowest BCUT2D eigenvalue weighted by molar-refractivity contribution is 0.476. The van der Waals surface area contributed by atoms with E-state index in [-0.39, 0.29) is 15.8 Å². The predicted octanol–water partition coefficient (Wildman–Crippen LogP) is 4.94. The van der Waals surface area contributed by atoms with Crippen LogP contribution in [0.5, 0.6) is 5.75 Å². The third-order valence-electron chi connectivity index (χ3n) is 2.61. The van der Waals surface area contributed by atoms with Crippen LogP contribution in [0.3, 0.4) is 0 Å². The van der Waals surface area contributed by atoms with Gasteiger partial charge in [0.1, 0.15) is 0 Å². The number of aromatic hydroxyl groups is 1. The molecule has 0 fully saturated rings. The monoisotopic (exact) mass is 275 g/mol. The van der Waals surface area contributed by atoms with Crippen molar-refractivity contribution in [2.75, 3.05) is 5.32 Å². The summed E-state index contributed by atoms with van der Waals surface area (Å²) >= 11 is 11.7. The van der Waals surface area contributed by atoms with Crippen LogP contribution in [0.1, 0.15) is 33.6 Å². The number of nitrogens with one attached hydrogen (secondary N) is 1. The minimum absolute atomic E-state index is 0.0614. The summed E-state index contributed by atoms with van der Waals surface area (Å²) in [6.07, 6.45) is 2.27. The second kappa shape index (κ2) is 6.36. The molecule has 0 aliphatic carbocycles. The molecule has 0 saturated heterocycles. The fraction of sp³-hybridized carbons (Fsp3) is 0.538. The van der Waals surface area contributed by atoms with E-state index in [1.54, 1.807) is 12.1 Å². The maximum absolute atomic E-state index is 9.45. The van der Waals surface area contributed by atoms with Gasteiger partial charge in [-0.25, -0.2) is 0 Å². The van der Waals surface area contributed by atoms with E-state index < -0.39 is 0 Å². The molecule has 2 N–H and O–H groups in total. The molecule has 0 bridgehead atoms. The number of halogens is 2. The Kier molecular flexibility index (Phi) is 5.41. The smallest absolute Gasteiger partial charge is 0.152 e. The van der Waals surface area contributed by atoms with Crippen molar-refractivity contribution < 1.29 is 5.11 Å². The fourth-order valence-electron chi connectivity index (χ4n) is 1.59. The van der Waals surface area contributed by atoms with Crippen molar-refractivity contribution in [1.82, 2.24) is 0 Å². The maximum Gasteiger partial charge on any atom is 0.152 e. The molecule has 0 heterocycles. The van der Waals surface area contributed by atoms with E-state index in [9.17, 15) is 5.11 Å². The summed E-state index contributed by atoms with van der Waals surface area (Å²) in [6, 6.07) is 3.73. The van der Waals surface area contributed by atoms with Gasteiger partial charge in [0.15, 0.2) is 5.75 Å². The van der Waals surface area contributed by atoms with Crippen LogP contribution in [-0.2, 0) is 0 Å². The average molecular weight is 276 g/mol. The van der Waals surface area contributed by atoms with Crippen molar-refractivity contribution in [3.63, 3.8) is 0 Å². The van der Waals surface area contributed by atoms with Gasteiger partial charge in [0.25, 0.3) is 0 Å². The molecule has 0 aromatic heterocycles. The van der Waals surface area contributed by atoms with E-state index in [1.165, 1.54) is 6.42 Å². The number of hydrogen-bond donors (Lipinski definition) is 2. The Bertz CT molecular complexity index is 357. The lowest BCUT2D eigenvalue weighted by atomic mass is 10.0. The average Bonchev–Trinajstić information content (AvgIpc) is 2.23. The third-order valence-corrected chi connectivity index (χ3v) is 3.18. The van der Waals surface area contributed by atoms with Crippen LogP contribution in [0.15, 0.2) is 12.1 Å². The van der Waals surface area contributed by atoms with Gasteiger partial charge in [0, 0.05) is 11.7 Å². The molecular weight excluding hydrogens is 257 g/mol. The topological polar surface area (TPSA) is 32.3 Å². The van der Waals surface area contributed by atoms with Crippen LogP contribution in [0.2, 0.25) is 10.0 Å². The van der Waals surface area contributed by atoms with Gasteiger partial charge in [0.2, 0.25) is 0 Å². The summed E-state index contributed by atoms with van der Waals surface area (Å²) in [6.45, 7) is 6.54. The molecule has 1 atom stereocenters. The molecule has 0 radical (unpaired) electrons. The zero-order chi connectivity index (χ0) is 13.0. The van der Waals surface area contributed by atoms with E-state index in [2.05, 4.69) is 26.1 Å². The molecule has 0 amide bonds. The Morgan fingerprint density at radius 1 is 1.12 bits per heavy atom. The minimum atomic E-state index is -0.0614. The van der Waals surface area contributed by atoms with Gasteiger partial charge < -0.3 is 10.4 Å². The van der Waals surface area contributed by atoms with Gasteiger partial charge >= 0.3 is 0 Å². The van der Waals surface area contributed by atoms with Crippen molar-refractivity contribution in [1.29, 1.82) is 0 Å². The maximum atomic E-state index is 9.45. The third kappa shape index (κ3) is 4.64. The van der Waals surface area contributed by atoms with Crippen molar-refractivity contribution >= 4 is 28.9 Å². The Labute approximate surface area is 113 Å². The van der Waals surface area contributed by atoms with E-state index in [4.69, 9.17) is 23.2 Å². The van der Waals surface area contributed by atoms with Gasteiger partial charge in [-0.05, 0) is 37.8 Å². The summed E-state index contributed by atoms with van der Waals surface area (Å²) in [7, 11) is 0. The highest BCUT2D eigenvalue weighted by Crippen LogP contribution is 2.34. The summed E-state index contributed by atoms with van der Waals surface area (Å²) in [5.74, 6) is 0.639. The lowest BCUT2D eigenvalue weighted by Crippen LogP contribution is -2.15. The van der Waals surface area contributed by atoms with Gasteiger partial charge in [-0.3, -0.25) is 0 Å². The highest BCUT2D eigenvalue weighted by molar-refractivity contribution is 6.37. The summed E-state index contributed by atoms with van der Waals surface area (Å²) in [5.41, 5.74) is 0.842. The Morgan fingerprint density at radius 2 is 1.65 bits per heavy atom. The lowest BCUT2D eigenvalue weighted by Gasteiger charge is -2.17. The molecule has 1 unspecified atom stereocenters. The van der Waals surface area contributed by atoms with Crippen molar-refractivity contribution in [3.8, 4) is 5.75 Å². The molecule has 2 nitrogen and oxygen atoms in total. The number of anilines is 1. The van der Waals surface area contributed by atoms with Crippen LogP contribution >= 0.6 is 23.2 Å². The van der Waals surface area contributed by atoms with Gasteiger partial charge in [-0.2, -0.15) is 0 Å². The largest absolute Gasteiger partial charge is 0.505 e. The first-order chi connectivity index (χ1) is 7.90. The Hall–Kier alpha value is -0.600. The fourth-order valence-corrected chi connectivity index (χ4v) is 2.08. The molecular formula is C13H19Cl2NO. The van der Waals surface area contributed by atoms with Crippen LogP contribution in [-0.4, -0.2) is 11.1 Å². The molecule has 0 spiro atoms. The quantitative estimate of drug-likeness (QED) is 0.747. The van der Waals surface area contributed by atoms with E-state index in [0.717, 1.165) is 12.1 Å². The molecule has 0 aliphatic rings. The highest BCUT2D eigenvalue weighted by atomic mass is 35.5. The summed E-state index contributed by atoms with van der Waals surface area (Å²) in [5, 5.41) is 13.3. The van der Waals surface area contributed by atoms with Crippen molar-refractivity contribution in [3.05, 3.63) is 22.2 Å². The molecule has 1 rings (SSSR count). The Morgan fingerprint density at radius 3 is 2.12 bits per heavy atom. The second-order valence-corrected chi connectivity index (χ2v) is 5.62. The number of benzene rings is 1. The zero-order valence-electron chi connectivity index (χ0n) is 10.4. The molecule has 0 saturated carbocycles. The van der Waals surface area contributed by atoms with E-state index >= 15 is 0 Å². The van der Waals surface area contributed by atoms with Crippen LogP contribution in [0.25, 0.3) is 0 Å². The first kappa shape index (κ1) is 14.5. The van der Waals surface area contributed by atoms with Crippen molar-refractivity contribution in [2.45, 2.75) is 39.7 Å². The van der Waals surface area contributed by atoms with E-state index in [0.29, 0.717) is 12.0 Å². The van der Waals surface area contributed by atoms with Crippen LogP contribution in [0.4, 0.5) is 5.69 Å². The summed E-state index contributed by atoms with van der Waals surface area (Å²) < 4.78 is 0. The number of hydrogen-bond acceptors (Lipinski definition) is 2. The van der Waals surface area contributed by atoms with Gasteiger partial charge in [-0.1, -0.05) is 37.0 Å². The predicted molar refractivity (Wildman–Crippen MR) is 75.3 cm³/mol. The Balaban J connectivity index is 2.62. The number of phenolic OH excluding ortho intramolecular Hbond substituents is 1. The first-order valence-corrected chi connectivity index (χ1v) is 6.60. The SMILES string of the molecule is CC(C)CCC(C)Nc1cc(Cl)c(O)c(Cl)c1. The van der Waals surface area contributed by atoms with Crippen LogP contribution < -0.4 is 5.32 Å².